The fraction of sp³-hybridized carbons (Fsp3) is 0.107. The summed E-state index contributed by atoms with van der Waals surface area (Å²) in [5.74, 6) is -0.927. The second kappa shape index (κ2) is 9.95. The van der Waals surface area contributed by atoms with Crippen molar-refractivity contribution in [1.29, 1.82) is 0 Å². The van der Waals surface area contributed by atoms with Gasteiger partial charge in [0, 0.05) is 20.9 Å². The van der Waals surface area contributed by atoms with Gasteiger partial charge in [-0.3, -0.25) is 4.79 Å². The molecule has 32 heavy (non-hydrogen) atoms. The van der Waals surface area contributed by atoms with Gasteiger partial charge in [0.25, 0.3) is 0 Å². The predicted octanol–water partition coefficient (Wildman–Crippen LogP) is 7.31. The molecule has 0 bridgehead atoms. The number of benzene rings is 4. The number of hydrogen-bond donors (Lipinski definition) is 1. The van der Waals surface area contributed by atoms with E-state index < -0.39 is 11.5 Å². The molecule has 4 aromatic rings. The number of halogens is 2. The van der Waals surface area contributed by atoms with Crippen LogP contribution in [0.15, 0.2) is 118 Å². The van der Waals surface area contributed by atoms with Crippen LogP contribution in [-0.4, -0.2) is 10.9 Å². The third-order valence-corrected chi connectivity index (χ3v) is 6.61. The molecule has 0 aliphatic rings. The normalized spacial score (nSPS) is 13.8. The zero-order valence-electron chi connectivity index (χ0n) is 17.3. The molecule has 4 aromatic carbocycles. The van der Waals surface area contributed by atoms with E-state index in [2.05, 4.69) is 31.9 Å². The van der Waals surface area contributed by atoms with E-state index in [-0.39, 0.29) is 5.78 Å². The van der Waals surface area contributed by atoms with Crippen LogP contribution in [0.4, 0.5) is 0 Å². The fourth-order valence-electron chi connectivity index (χ4n) is 4.13. The van der Waals surface area contributed by atoms with Crippen molar-refractivity contribution in [3.8, 4) is 0 Å². The molecule has 0 spiro atoms. The van der Waals surface area contributed by atoms with Crippen molar-refractivity contribution in [2.24, 2.45) is 0 Å². The van der Waals surface area contributed by atoms with Crippen LogP contribution in [0.1, 0.15) is 33.0 Å². The maximum absolute atomic E-state index is 14.0. The Bertz CT molecular complexity index is 1210. The van der Waals surface area contributed by atoms with Gasteiger partial charge in [0.1, 0.15) is 5.60 Å². The maximum Gasteiger partial charge on any atom is 0.173 e. The van der Waals surface area contributed by atoms with Crippen LogP contribution in [-0.2, 0) is 12.0 Å². The molecule has 0 aromatic heterocycles. The van der Waals surface area contributed by atoms with Gasteiger partial charge < -0.3 is 5.11 Å². The SMILES string of the molecule is O=C(c1cccc(Br)c1)C(c1ccccc1)[C@](O)(Cc1ccccc1)c1cccc(Br)c1. The van der Waals surface area contributed by atoms with Crippen molar-refractivity contribution in [3.05, 3.63) is 140 Å². The molecule has 1 N–H and O–H groups in total. The van der Waals surface area contributed by atoms with E-state index in [1.165, 1.54) is 0 Å². The summed E-state index contributed by atoms with van der Waals surface area (Å²) in [4.78, 5) is 14.0. The van der Waals surface area contributed by atoms with Crippen LogP contribution in [0.25, 0.3) is 0 Å². The summed E-state index contributed by atoms with van der Waals surface area (Å²) in [6.07, 6.45) is 0.295. The third-order valence-electron chi connectivity index (χ3n) is 5.62. The average Bonchev–Trinajstić information content (AvgIpc) is 2.80. The Morgan fingerprint density at radius 2 is 1.34 bits per heavy atom. The van der Waals surface area contributed by atoms with Crippen LogP contribution in [0.2, 0.25) is 0 Å². The number of carbonyl (C=O) groups excluding carboxylic acids is 1. The summed E-state index contributed by atoms with van der Waals surface area (Å²) in [5.41, 5.74) is 1.50. The van der Waals surface area contributed by atoms with Gasteiger partial charge in [0.2, 0.25) is 0 Å². The standard InChI is InChI=1S/C28H22Br2O2/c29-24-15-7-13-22(17-24)27(31)26(21-11-5-2-6-12-21)28(32,19-20-9-3-1-4-10-20)23-14-8-16-25(30)18-23/h1-18,26,32H,19H2/t26?,28-/m0/s1. The second-order valence-corrected chi connectivity index (χ2v) is 9.65. The molecule has 0 aliphatic carbocycles. The van der Waals surface area contributed by atoms with Gasteiger partial charge in [-0.25, -0.2) is 0 Å². The molecule has 0 saturated carbocycles. The Hall–Kier alpha value is -2.53. The van der Waals surface area contributed by atoms with Gasteiger partial charge >= 0.3 is 0 Å². The molecule has 0 aliphatic heterocycles. The molecule has 0 amide bonds. The molecule has 1 unspecified atom stereocenters. The molecule has 160 valence electrons. The largest absolute Gasteiger partial charge is 0.384 e. The van der Waals surface area contributed by atoms with Crippen LogP contribution in [0.5, 0.6) is 0 Å². The minimum atomic E-state index is -1.47. The first kappa shape index (κ1) is 22.7. The Balaban J connectivity index is 1.93. The molecule has 2 atom stereocenters. The summed E-state index contributed by atoms with van der Waals surface area (Å²) < 4.78 is 1.67. The topological polar surface area (TPSA) is 37.3 Å². The van der Waals surface area contributed by atoms with Crippen molar-refractivity contribution in [3.63, 3.8) is 0 Å². The summed E-state index contributed by atoms with van der Waals surface area (Å²) >= 11 is 7.01. The van der Waals surface area contributed by atoms with E-state index in [4.69, 9.17) is 0 Å². The van der Waals surface area contributed by atoms with E-state index in [1.54, 1.807) is 6.07 Å². The zero-order chi connectivity index (χ0) is 22.6. The minimum Gasteiger partial charge on any atom is -0.384 e. The zero-order valence-corrected chi connectivity index (χ0v) is 20.5. The first-order valence-electron chi connectivity index (χ1n) is 10.3. The average molecular weight is 550 g/mol. The van der Waals surface area contributed by atoms with Gasteiger partial charge in [0.15, 0.2) is 5.78 Å². The highest BCUT2D eigenvalue weighted by molar-refractivity contribution is 9.10. The van der Waals surface area contributed by atoms with Crippen LogP contribution in [0.3, 0.4) is 0 Å². The smallest absolute Gasteiger partial charge is 0.173 e. The van der Waals surface area contributed by atoms with Crippen LogP contribution in [0, 0.1) is 0 Å². The highest BCUT2D eigenvalue weighted by Gasteiger charge is 2.44. The number of Topliss-reactive ketones (excluding diaryl/α,β-unsaturated/α-hetero) is 1. The first-order chi connectivity index (χ1) is 15.5. The Labute approximate surface area is 205 Å². The van der Waals surface area contributed by atoms with E-state index >= 15 is 0 Å². The summed E-state index contributed by atoms with van der Waals surface area (Å²) in [6.45, 7) is 0. The third kappa shape index (κ3) is 4.93. The van der Waals surface area contributed by atoms with Crippen LogP contribution < -0.4 is 0 Å². The number of aliphatic hydroxyl groups is 1. The van der Waals surface area contributed by atoms with Crippen molar-refractivity contribution in [1.82, 2.24) is 0 Å². The van der Waals surface area contributed by atoms with Gasteiger partial charge in [-0.1, -0.05) is 117 Å². The highest BCUT2D eigenvalue weighted by Crippen LogP contribution is 2.42. The van der Waals surface area contributed by atoms with Crippen molar-refractivity contribution in [2.75, 3.05) is 0 Å². The lowest BCUT2D eigenvalue weighted by Gasteiger charge is -2.37. The predicted molar refractivity (Wildman–Crippen MR) is 136 cm³/mol. The highest BCUT2D eigenvalue weighted by atomic mass is 79.9. The first-order valence-corrected chi connectivity index (χ1v) is 11.9. The van der Waals surface area contributed by atoms with Gasteiger partial charge in [0.05, 0.1) is 5.92 Å². The lowest BCUT2D eigenvalue weighted by atomic mass is 9.70. The maximum atomic E-state index is 14.0. The van der Waals surface area contributed by atoms with E-state index in [0.29, 0.717) is 17.5 Å². The lowest BCUT2D eigenvalue weighted by Crippen LogP contribution is -2.40. The van der Waals surface area contributed by atoms with Gasteiger partial charge in [-0.2, -0.15) is 0 Å². The molecular formula is C28H22Br2O2. The molecule has 4 rings (SSSR count). The summed E-state index contributed by atoms with van der Waals surface area (Å²) in [5, 5.41) is 12.4. The molecule has 0 saturated heterocycles. The molecule has 0 fully saturated rings. The minimum absolute atomic E-state index is 0.129. The van der Waals surface area contributed by atoms with E-state index in [9.17, 15) is 9.90 Å². The monoisotopic (exact) mass is 548 g/mol. The molecule has 0 heterocycles. The van der Waals surface area contributed by atoms with E-state index in [1.807, 2.05) is 103 Å². The van der Waals surface area contributed by atoms with Crippen molar-refractivity contribution < 1.29 is 9.90 Å². The fourth-order valence-corrected chi connectivity index (χ4v) is 4.93. The van der Waals surface area contributed by atoms with Crippen molar-refractivity contribution in [2.45, 2.75) is 17.9 Å². The van der Waals surface area contributed by atoms with Gasteiger partial charge in [-0.15, -0.1) is 0 Å². The molecule has 2 nitrogen and oxygen atoms in total. The van der Waals surface area contributed by atoms with Crippen LogP contribution >= 0.6 is 31.9 Å². The van der Waals surface area contributed by atoms with E-state index in [0.717, 1.165) is 20.1 Å². The number of ketones is 1. The lowest BCUT2D eigenvalue weighted by molar-refractivity contribution is 0.0102. The number of rotatable bonds is 7. The summed E-state index contributed by atoms with van der Waals surface area (Å²) in [6, 6.07) is 34.3. The summed E-state index contributed by atoms with van der Waals surface area (Å²) in [7, 11) is 0. The van der Waals surface area contributed by atoms with Crippen molar-refractivity contribution >= 4 is 37.6 Å². The Morgan fingerprint density at radius 1 is 0.750 bits per heavy atom. The molecular weight excluding hydrogens is 528 g/mol. The molecule has 0 radical (unpaired) electrons. The van der Waals surface area contributed by atoms with Gasteiger partial charge in [-0.05, 0) is 41.0 Å². The number of carbonyl (C=O) groups is 1. The number of hydrogen-bond acceptors (Lipinski definition) is 2. The Morgan fingerprint density at radius 3 is 1.97 bits per heavy atom. The second-order valence-electron chi connectivity index (χ2n) is 7.82. The quantitative estimate of drug-likeness (QED) is 0.245. The Kier molecular flexibility index (Phi) is 7.04. The molecule has 4 heteroatoms.